The van der Waals surface area contributed by atoms with Crippen LogP contribution in [0.3, 0.4) is 0 Å². The Balaban J connectivity index is 1.40. The summed E-state index contributed by atoms with van der Waals surface area (Å²) in [6, 6.07) is 14.5. The van der Waals surface area contributed by atoms with Crippen LogP contribution in [0.4, 0.5) is 0 Å². The zero-order valence-electron chi connectivity index (χ0n) is 18.8. The van der Waals surface area contributed by atoms with Gasteiger partial charge in [-0.25, -0.2) is 0 Å². The van der Waals surface area contributed by atoms with Crippen molar-refractivity contribution in [3.8, 4) is 17.2 Å². The van der Waals surface area contributed by atoms with Crippen LogP contribution in [0, 0.1) is 5.92 Å². The first-order chi connectivity index (χ1) is 14.6. The molecular weight excluding hydrogens is 374 g/mol. The van der Waals surface area contributed by atoms with Gasteiger partial charge in [0.05, 0.1) is 20.8 Å². The highest BCUT2D eigenvalue weighted by Crippen LogP contribution is 2.28. The second kappa shape index (κ2) is 11.0. The number of methoxy groups -OCH3 is 2. The third kappa shape index (κ3) is 6.19. The van der Waals surface area contributed by atoms with E-state index < -0.39 is 0 Å². The van der Waals surface area contributed by atoms with Gasteiger partial charge in [0.15, 0.2) is 11.5 Å². The zero-order chi connectivity index (χ0) is 21.3. The Morgan fingerprint density at radius 2 is 1.67 bits per heavy atom. The van der Waals surface area contributed by atoms with Gasteiger partial charge in [0.1, 0.15) is 5.75 Å². The van der Waals surface area contributed by atoms with Gasteiger partial charge in [-0.05, 0) is 78.8 Å². The Morgan fingerprint density at radius 1 is 0.967 bits per heavy atom. The van der Waals surface area contributed by atoms with E-state index in [1.165, 1.54) is 18.4 Å². The van der Waals surface area contributed by atoms with E-state index in [2.05, 4.69) is 61.4 Å². The lowest BCUT2D eigenvalue weighted by molar-refractivity contribution is 0.202. The number of piperidine rings is 1. The Hall–Kier alpha value is -2.62. The molecule has 0 unspecified atom stereocenters. The van der Waals surface area contributed by atoms with Gasteiger partial charge in [0.25, 0.3) is 0 Å². The minimum Gasteiger partial charge on any atom is -0.494 e. The predicted octanol–water partition coefficient (Wildman–Crippen LogP) is 5.98. The lowest BCUT2D eigenvalue weighted by Crippen LogP contribution is -2.30. The minimum atomic E-state index is 0.560. The molecule has 1 aliphatic rings. The van der Waals surface area contributed by atoms with Gasteiger partial charge in [-0.2, -0.15) is 0 Å². The van der Waals surface area contributed by atoms with Crippen LogP contribution >= 0.6 is 0 Å². The van der Waals surface area contributed by atoms with Crippen molar-refractivity contribution in [1.29, 1.82) is 0 Å². The molecule has 1 heterocycles. The number of hydrogen-bond acceptors (Lipinski definition) is 4. The number of hydrogen-bond donors (Lipinski definition) is 0. The number of benzene rings is 2. The molecule has 3 rings (SSSR count). The van der Waals surface area contributed by atoms with Gasteiger partial charge in [0.2, 0.25) is 0 Å². The smallest absolute Gasteiger partial charge is 0.161 e. The molecule has 162 valence electrons. The number of likely N-dealkylation sites (tertiary alicyclic amines) is 1. The van der Waals surface area contributed by atoms with Gasteiger partial charge in [-0.3, -0.25) is 0 Å². The highest BCUT2D eigenvalue weighted by molar-refractivity contribution is 5.55. The molecule has 0 saturated carbocycles. The summed E-state index contributed by atoms with van der Waals surface area (Å²) in [6.45, 7) is 7.42. The summed E-state index contributed by atoms with van der Waals surface area (Å²) in [5.74, 6) is 3.80. The molecule has 0 N–H and O–H groups in total. The molecule has 0 aromatic heterocycles. The van der Waals surface area contributed by atoms with Crippen molar-refractivity contribution in [2.75, 3.05) is 33.9 Å². The summed E-state index contributed by atoms with van der Waals surface area (Å²) in [7, 11) is 3.32. The van der Waals surface area contributed by atoms with Crippen molar-refractivity contribution in [3.05, 3.63) is 59.8 Å². The molecule has 1 fully saturated rings. The van der Waals surface area contributed by atoms with Crippen molar-refractivity contribution >= 4 is 6.08 Å². The number of rotatable bonds is 9. The molecule has 4 nitrogen and oxygen atoms in total. The van der Waals surface area contributed by atoms with Crippen molar-refractivity contribution in [3.63, 3.8) is 0 Å². The maximum absolute atomic E-state index is 5.97. The normalized spacial score (nSPS) is 15.0. The van der Waals surface area contributed by atoms with Gasteiger partial charge in [-0.1, -0.05) is 32.0 Å². The van der Waals surface area contributed by atoms with Gasteiger partial charge >= 0.3 is 0 Å². The van der Waals surface area contributed by atoms with E-state index in [0.29, 0.717) is 5.92 Å². The molecule has 2 aromatic carbocycles. The quantitative estimate of drug-likeness (QED) is 0.510. The molecule has 30 heavy (non-hydrogen) atoms. The Labute approximate surface area is 181 Å². The molecule has 1 aliphatic heterocycles. The van der Waals surface area contributed by atoms with E-state index in [1.54, 1.807) is 14.2 Å². The van der Waals surface area contributed by atoms with Crippen molar-refractivity contribution in [2.24, 2.45) is 5.92 Å². The molecule has 0 radical (unpaired) electrons. The lowest BCUT2D eigenvalue weighted by atomic mass is 9.94. The van der Waals surface area contributed by atoms with Gasteiger partial charge in [-0.15, -0.1) is 0 Å². The fourth-order valence-corrected chi connectivity index (χ4v) is 3.83. The molecule has 1 saturated heterocycles. The number of nitrogens with zero attached hydrogens (tertiary/aromatic N) is 1. The first-order valence-corrected chi connectivity index (χ1v) is 11.0. The third-order valence-electron chi connectivity index (χ3n) is 5.88. The van der Waals surface area contributed by atoms with E-state index in [0.717, 1.165) is 54.8 Å². The standard InChI is InChI=1S/C26H35NO3/c1-20(2)23-6-8-24(9-7-23)30-18-14-21-11-15-27(16-12-21)17-13-22-5-10-25(28-3)26(19-22)29-4/h5-10,13,17,19-21H,11-12,14-16,18H2,1-4H3. The predicted molar refractivity (Wildman–Crippen MR) is 124 cm³/mol. The topological polar surface area (TPSA) is 30.9 Å². The summed E-state index contributed by atoms with van der Waals surface area (Å²) < 4.78 is 16.7. The first kappa shape index (κ1) is 22.1. The summed E-state index contributed by atoms with van der Waals surface area (Å²) in [4.78, 5) is 2.40. The minimum absolute atomic E-state index is 0.560. The van der Waals surface area contributed by atoms with Crippen molar-refractivity contribution in [2.45, 2.75) is 39.0 Å². The first-order valence-electron chi connectivity index (χ1n) is 11.0. The molecular formula is C26H35NO3. The molecule has 0 spiro atoms. The summed E-state index contributed by atoms with van der Waals surface area (Å²) >= 11 is 0. The molecule has 0 bridgehead atoms. The highest BCUT2D eigenvalue weighted by atomic mass is 16.5. The monoisotopic (exact) mass is 409 g/mol. The Morgan fingerprint density at radius 3 is 2.30 bits per heavy atom. The third-order valence-corrected chi connectivity index (χ3v) is 5.88. The summed E-state index contributed by atoms with van der Waals surface area (Å²) in [5, 5.41) is 0. The Bertz CT molecular complexity index is 806. The summed E-state index contributed by atoms with van der Waals surface area (Å²) in [6.07, 6.45) is 7.90. The molecule has 2 aromatic rings. The molecule has 0 aliphatic carbocycles. The van der Waals surface area contributed by atoms with Gasteiger partial charge in [0, 0.05) is 13.1 Å². The maximum atomic E-state index is 5.97. The number of ether oxygens (including phenoxy) is 3. The van der Waals surface area contributed by atoms with E-state index >= 15 is 0 Å². The van der Waals surface area contributed by atoms with E-state index in [9.17, 15) is 0 Å². The largest absolute Gasteiger partial charge is 0.494 e. The van der Waals surface area contributed by atoms with Crippen LogP contribution in [0.15, 0.2) is 48.7 Å². The molecule has 4 heteroatoms. The van der Waals surface area contributed by atoms with Crippen LogP contribution in [0.25, 0.3) is 6.08 Å². The second-order valence-corrected chi connectivity index (χ2v) is 8.27. The summed E-state index contributed by atoms with van der Waals surface area (Å²) in [5.41, 5.74) is 2.47. The Kier molecular flexibility index (Phi) is 8.06. The van der Waals surface area contributed by atoms with Crippen LogP contribution < -0.4 is 14.2 Å². The van der Waals surface area contributed by atoms with E-state index in [-0.39, 0.29) is 0 Å². The highest BCUT2D eigenvalue weighted by Gasteiger charge is 2.17. The maximum Gasteiger partial charge on any atom is 0.161 e. The lowest BCUT2D eigenvalue weighted by Gasteiger charge is -2.31. The van der Waals surface area contributed by atoms with E-state index in [4.69, 9.17) is 14.2 Å². The van der Waals surface area contributed by atoms with Crippen molar-refractivity contribution in [1.82, 2.24) is 4.90 Å². The molecule has 0 amide bonds. The zero-order valence-corrected chi connectivity index (χ0v) is 18.8. The second-order valence-electron chi connectivity index (χ2n) is 8.27. The van der Waals surface area contributed by atoms with Crippen LogP contribution in [0.5, 0.6) is 17.2 Å². The average molecular weight is 410 g/mol. The SMILES string of the molecule is COc1ccc(C=CN2CCC(CCOc3ccc(C(C)C)cc3)CC2)cc1OC. The van der Waals surface area contributed by atoms with Crippen LogP contribution in [0.1, 0.15) is 50.2 Å². The van der Waals surface area contributed by atoms with Crippen LogP contribution in [-0.4, -0.2) is 38.8 Å². The van der Waals surface area contributed by atoms with E-state index in [1.807, 2.05) is 12.1 Å². The fourth-order valence-electron chi connectivity index (χ4n) is 3.83. The van der Waals surface area contributed by atoms with Crippen molar-refractivity contribution < 1.29 is 14.2 Å². The van der Waals surface area contributed by atoms with Crippen LogP contribution in [0.2, 0.25) is 0 Å². The average Bonchev–Trinajstić information content (AvgIpc) is 2.78. The fraction of sp³-hybridized carbons (Fsp3) is 0.462. The molecule has 0 atom stereocenters. The van der Waals surface area contributed by atoms with Crippen LogP contribution in [-0.2, 0) is 0 Å². The van der Waals surface area contributed by atoms with Gasteiger partial charge < -0.3 is 19.1 Å².